The summed E-state index contributed by atoms with van der Waals surface area (Å²) in [6.07, 6.45) is 6.87. The summed E-state index contributed by atoms with van der Waals surface area (Å²) in [6, 6.07) is 40.9. The van der Waals surface area contributed by atoms with Crippen molar-refractivity contribution in [1.82, 2.24) is 39.5 Å². The van der Waals surface area contributed by atoms with Crippen LogP contribution >= 0.6 is 0 Å². The zero-order valence-corrected chi connectivity index (χ0v) is 34.0. The number of fused-ring (bicyclic) bond motifs is 2. The number of aliphatic hydroxyl groups excluding tert-OH is 1. The van der Waals surface area contributed by atoms with Crippen LogP contribution in [0, 0.1) is 0 Å². The van der Waals surface area contributed by atoms with Crippen LogP contribution in [0.5, 0.6) is 0 Å². The van der Waals surface area contributed by atoms with Gasteiger partial charge in [-0.1, -0.05) is 133 Å². The normalized spacial score (nSPS) is 14.5. The second-order valence-electron chi connectivity index (χ2n) is 14.5. The number of carbonyl (C=O) groups excluding carboxylic acids is 2. The van der Waals surface area contributed by atoms with Gasteiger partial charge in [-0.25, -0.2) is 39.5 Å². The molecule has 62 heavy (non-hydrogen) atoms. The highest BCUT2D eigenvalue weighted by atomic mass is 16.5. The molecule has 15 heteroatoms. The van der Waals surface area contributed by atoms with E-state index >= 15 is 0 Å². The summed E-state index contributed by atoms with van der Waals surface area (Å²) < 4.78 is 11.5. The summed E-state index contributed by atoms with van der Waals surface area (Å²) in [5.74, 6) is -0.152. The summed E-state index contributed by atoms with van der Waals surface area (Å²) in [5.41, 5.74) is 6.82. The number of aromatic nitrogens is 8. The maximum atomic E-state index is 12.3. The van der Waals surface area contributed by atoms with Crippen LogP contribution in [0.4, 0.5) is 11.6 Å². The van der Waals surface area contributed by atoms with E-state index in [4.69, 9.17) is 9.47 Å². The Hall–Kier alpha value is -7.78. The highest BCUT2D eigenvalue weighted by Crippen LogP contribution is 2.31. The lowest BCUT2D eigenvalue weighted by molar-refractivity contribution is 0.0579. The van der Waals surface area contributed by atoms with Crippen LogP contribution in [-0.2, 0) is 9.47 Å². The largest absolute Gasteiger partial charge is 0.463 e. The second-order valence-corrected chi connectivity index (χ2v) is 14.5. The number of carbonyl (C=O) groups is 2. The van der Waals surface area contributed by atoms with Crippen LogP contribution in [0.1, 0.15) is 67.8 Å². The van der Waals surface area contributed by atoms with Crippen molar-refractivity contribution in [2.75, 3.05) is 37.9 Å². The number of rotatable bonds is 13. The zero-order chi connectivity index (χ0) is 42.8. The van der Waals surface area contributed by atoms with E-state index in [1.807, 2.05) is 83.4 Å². The Morgan fingerprint density at radius 2 is 1.16 bits per heavy atom. The minimum atomic E-state index is -0.623. The molecule has 0 radical (unpaired) electrons. The molecule has 9 rings (SSSR count). The van der Waals surface area contributed by atoms with E-state index in [0.29, 0.717) is 53.5 Å². The Kier molecular flexibility index (Phi) is 12.6. The van der Waals surface area contributed by atoms with Crippen LogP contribution < -0.4 is 10.6 Å². The van der Waals surface area contributed by atoms with E-state index in [9.17, 15) is 14.7 Å². The highest BCUT2D eigenvalue weighted by molar-refractivity contribution is 5.92. The van der Waals surface area contributed by atoms with Crippen molar-refractivity contribution in [1.29, 1.82) is 0 Å². The summed E-state index contributed by atoms with van der Waals surface area (Å²) in [7, 11) is 2.60. The third-order valence-electron chi connectivity index (χ3n) is 10.6. The molecule has 0 aliphatic heterocycles. The first-order chi connectivity index (χ1) is 30.4. The number of ether oxygens (including phenoxy) is 2. The van der Waals surface area contributed by atoms with Gasteiger partial charge in [0.1, 0.15) is 5.52 Å². The molecule has 0 bridgehead atoms. The smallest absolute Gasteiger partial charge is 0.376 e. The first-order valence-corrected chi connectivity index (χ1v) is 20.1. The minimum absolute atomic E-state index is 0.0272. The molecule has 0 fully saturated rings. The maximum Gasteiger partial charge on any atom is 0.376 e. The molecule has 1 aliphatic carbocycles. The van der Waals surface area contributed by atoms with Crippen LogP contribution in [0.15, 0.2) is 146 Å². The van der Waals surface area contributed by atoms with Gasteiger partial charge in [0.25, 0.3) is 0 Å². The van der Waals surface area contributed by atoms with Crippen molar-refractivity contribution in [2.45, 2.75) is 30.4 Å². The number of anilines is 2. The zero-order valence-electron chi connectivity index (χ0n) is 34.0. The van der Waals surface area contributed by atoms with Crippen molar-refractivity contribution in [3.63, 3.8) is 0 Å². The average molecular weight is 829 g/mol. The van der Waals surface area contributed by atoms with Gasteiger partial charge in [-0.3, -0.25) is 0 Å². The average Bonchev–Trinajstić information content (AvgIpc) is 4.10. The molecule has 0 saturated carbocycles. The predicted octanol–water partition coefficient (Wildman–Crippen LogP) is 7.10. The van der Waals surface area contributed by atoms with E-state index < -0.39 is 18.0 Å². The Morgan fingerprint density at radius 1 is 0.677 bits per heavy atom. The van der Waals surface area contributed by atoms with Gasteiger partial charge in [-0.15, -0.1) is 0 Å². The predicted molar refractivity (Wildman–Crippen MR) is 235 cm³/mol. The van der Waals surface area contributed by atoms with E-state index in [1.165, 1.54) is 31.7 Å². The first-order valence-electron chi connectivity index (χ1n) is 20.1. The Morgan fingerprint density at radius 3 is 1.65 bits per heavy atom. The van der Waals surface area contributed by atoms with Crippen LogP contribution in [0.2, 0.25) is 0 Å². The molecule has 4 N–H and O–H groups in total. The van der Waals surface area contributed by atoms with Gasteiger partial charge in [-0.2, -0.15) is 0 Å². The van der Waals surface area contributed by atoms with Crippen molar-refractivity contribution >= 4 is 45.9 Å². The SMILES string of the molecule is COC(=O)c1nc(NCC(c2ccccc2)c2ccccc2)c2[nH]cnc2n1.COC(=O)c1nc(NCC(c2ccccc2)c2ccccc2)c2ncn([C@H]3C=C[C@@H](O)C3)c2n1. The summed E-state index contributed by atoms with van der Waals surface area (Å²) in [4.78, 5) is 53.3. The molecular weight excluding hydrogens is 785 g/mol. The lowest BCUT2D eigenvalue weighted by Gasteiger charge is -2.19. The number of H-pyrrole nitrogens is 1. The molecule has 4 heterocycles. The van der Waals surface area contributed by atoms with E-state index in [2.05, 4.69) is 94.1 Å². The van der Waals surface area contributed by atoms with Gasteiger partial charge < -0.3 is 34.8 Å². The number of nitrogens with one attached hydrogen (secondary N) is 3. The molecule has 0 saturated heterocycles. The lowest BCUT2D eigenvalue weighted by atomic mass is 9.91. The number of nitrogens with zero attached hydrogens (tertiary/aromatic N) is 7. The maximum absolute atomic E-state index is 12.3. The second kappa shape index (κ2) is 19.1. The van der Waals surface area contributed by atoms with Crippen LogP contribution in [-0.4, -0.2) is 89.9 Å². The standard InChI is InChI=1S/C26H25N5O3.C21H19N5O2/c1-34-26(33)24-29-23(22-25(30-24)31(16-28-22)19-12-13-20(32)14-19)27-15-21(17-8-4-2-5-9-17)18-10-6-3-7-11-18;1-28-21(27)20-25-18(17-19(26-20)24-13-23-17)22-12-16(14-8-4-2-5-9-14)15-10-6-3-7-11-15/h2-13,16,19-21,32H,14-15H2,1H3,(H,27,29,30);2-11,13,16H,12H2,1H3,(H2,22,23,24,25,26)/t19-,20+;/m0./s1. The number of aromatic amines is 1. The highest BCUT2D eigenvalue weighted by Gasteiger charge is 2.25. The quantitative estimate of drug-likeness (QED) is 0.0680. The molecule has 0 spiro atoms. The monoisotopic (exact) mass is 828 g/mol. The van der Waals surface area contributed by atoms with Gasteiger partial charge in [0.2, 0.25) is 11.6 Å². The van der Waals surface area contributed by atoms with Crippen molar-refractivity contribution in [2.24, 2.45) is 0 Å². The Labute approximate surface area is 357 Å². The molecule has 1 aliphatic rings. The number of aliphatic hydroxyl groups is 1. The van der Waals surface area contributed by atoms with Crippen LogP contribution in [0.25, 0.3) is 22.3 Å². The Balaban J connectivity index is 0.000000174. The Bertz CT molecular complexity index is 2700. The van der Waals surface area contributed by atoms with Gasteiger partial charge in [0, 0.05) is 31.3 Å². The molecule has 8 aromatic rings. The van der Waals surface area contributed by atoms with E-state index in [1.54, 1.807) is 12.4 Å². The molecule has 4 aromatic heterocycles. The van der Waals surface area contributed by atoms with Gasteiger partial charge in [-0.05, 0) is 22.3 Å². The molecule has 15 nitrogen and oxygen atoms in total. The van der Waals surface area contributed by atoms with E-state index in [0.717, 1.165) is 11.1 Å². The topological polar surface area (TPSA) is 195 Å². The van der Waals surface area contributed by atoms with Gasteiger partial charge >= 0.3 is 11.9 Å². The third-order valence-corrected chi connectivity index (χ3v) is 10.6. The summed E-state index contributed by atoms with van der Waals surface area (Å²) >= 11 is 0. The molecular formula is C47H44N10O5. The fourth-order valence-corrected chi connectivity index (χ4v) is 7.47. The number of hydrogen-bond acceptors (Lipinski definition) is 13. The molecule has 0 amide bonds. The fraction of sp³-hybridized carbons (Fsp3) is 0.191. The molecule has 2 atom stereocenters. The summed E-state index contributed by atoms with van der Waals surface area (Å²) in [5, 5.41) is 16.7. The fourth-order valence-electron chi connectivity index (χ4n) is 7.47. The number of esters is 2. The lowest BCUT2D eigenvalue weighted by Crippen LogP contribution is -2.17. The number of hydrogen-bond donors (Lipinski definition) is 4. The van der Waals surface area contributed by atoms with Gasteiger partial charge in [0.05, 0.1) is 39.0 Å². The van der Waals surface area contributed by atoms with Gasteiger partial charge in [0.15, 0.2) is 28.4 Å². The number of allylic oxidation sites excluding steroid dienone is 1. The minimum Gasteiger partial charge on any atom is -0.463 e. The number of benzene rings is 4. The van der Waals surface area contributed by atoms with Crippen LogP contribution in [0.3, 0.4) is 0 Å². The molecule has 312 valence electrons. The van der Waals surface area contributed by atoms with Crippen molar-refractivity contribution in [3.05, 3.63) is 180 Å². The van der Waals surface area contributed by atoms with E-state index in [-0.39, 0.29) is 29.5 Å². The summed E-state index contributed by atoms with van der Waals surface area (Å²) in [6.45, 7) is 1.12. The third kappa shape index (κ3) is 9.17. The first kappa shape index (κ1) is 41.0. The molecule has 0 unspecified atom stereocenters. The van der Waals surface area contributed by atoms with Crippen molar-refractivity contribution < 1.29 is 24.2 Å². The van der Waals surface area contributed by atoms with Crippen molar-refractivity contribution in [3.8, 4) is 0 Å². The molecule has 4 aromatic carbocycles. The number of methoxy groups -OCH3 is 2. The number of imidazole rings is 2.